The molecule has 0 aromatic carbocycles. The Kier molecular flexibility index (Phi) is 5.38. The zero-order valence-electron chi connectivity index (χ0n) is 6.98. The van der Waals surface area contributed by atoms with Gasteiger partial charge in [-0.2, -0.15) is 0 Å². The number of hydrogen-bond acceptors (Lipinski definition) is 4. The van der Waals surface area contributed by atoms with Crippen molar-refractivity contribution < 1.29 is 14.0 Å². The average molecular weight is 199 g/mol. The first-order valence-electron chi connectivity index (χ1n) is 3.24. The molecule has 68 valence electrons. The van der Waals surface area contributed by atoms with Crippen LogP contribution in [0.25, 0.3) is 0 Å². The van der Waals surface area contributed by atoms with E-state index in [0.29, 0.717) is 5.88 Å². The zero-order chi connectivity index (χ0) is 8.91. The summed E-state index contributed by atoms with van der Waals surface area (Å²) in [5.74, 6) is 0.494. The molecule has 0 rings (SSSR count). The van der Waals surface area contributed by atoms with Crippen molar-refractivity contribution in [2.45, 2.75) is 6.92 Å². The highest BCUT2D eigenvalue weighted by Gasteiger charge is 2.18. The maximum Gasteiger partial charge on any atom is 0.387 e. The standard InChI is InChI=1S/C5H14NO3PS/c1-4-9-10(7,8)11-5-6(2)3/h4-5H2,1-3H3,(H,7,8). The predicted molar refractivity (Wildman–Crippen MR) is 47.6 cm³/mol. The van der Waals surface area contributed by atoms with E-state index in [1.807, 2.05) is 19.0 Å². The molecule has 0 aliphatic heterocycles. The Labute approximate surface area is 71.2 Å². The molecule has 0 spiro atoms. The Morgan fingerprint density at radius 3 is 2.55 bits per heavy atom. The number of hydrogen-bond donors (Lipinski definition) is 1. The molecule has 0 aliphatic rings. The molecule has 6 heteroatoms. The van der Waals surface area contributed by atoms with Crippen LogP contribution >= 0.6 is 18.2 Å². The van der Waals surface area contributed by atoms with E-state index in [1.165, 1.54) is 0 Å². The summed E-state index contributed by atoms with van der Waals surface area (Å²) in [7, 11) is 3.66. The van der Waals surface area contributed by atoms with Gasteiger partial charge in [0.25, 0.3) is 0 Å². The van der Waals surface area contributed by atoms with Crippen LogP contribution < -0.4 is 0 Å². The second-order valence-electron chi connectivity index (χ2n) is 2.22. The second-order valence-corrected chi connectivity index (χ2v) is 6.09. The summed E-state index contributed by atoms with van der Waals surface area (Å²) >= 11 is 0.926. The Balaban J connectivity index is 3.64. The van der Waals surface area contributed by atoms with Gasteiger partial charge >= 0.3 is 6.80 Å². The number of rotatable bonds is 5. The molecule has 11 heavy (non-hydrogen) atoms. The molecule has 0 amide bonds. The van der Waals surface area contributed by atoms with E-state index in [0.717, 1.165) is 11.4 Å². The van der Waals surface area contributed by atoms with E-state index in [9.17, 15) is 4.57 Å². The first-order valence-corrected chi connectivity index (χ1v) is 6.41. The van der Waals surface area contributed by atoms with Crippen molar-refractivity contribution in [1.29, 1.82) is 0 Å². The fourth-order valence-corrected chi connectivity index (χ4v) is 2.84. The molecule has 1 atom stereocenters. The zero-order valence-corrected chi connectivity index (χ0v) is 8.69. The van der Waals surface area contributed by atoms with Gasteiger partial charge in [-0.05, 0) is 32.4 Å². The lowest BCUT2D eigenvalue weighted by atomic mass is 10.9. The van der Waals surface area contributed by atoms with Gasteiger partial charge in [0.2, 0.25) is 0 Å². The highest BCUT2D eigenvalue weighted by molar-refractivity contribution is 8.54. The molecular formula is C5H14NO3PS. The molecule has 0 fully saturated rings. The minimum absolute atomic E-state index is 0.272. The Hall–Kier alpha value is 0.460. The summed E-state index contributed by atoms with van der Waals surface area (Å²) in [6.45, 7) is -1.41. The Morgan fingerprint density at radius 1 is 1.64 bits per heavy atom. The van der Waals surface area contributed by atoms with E-state index >= 15 is 0 Å². The van der Waals surface area contributed by atoms with E-state index in [-0.39, 0.29) is 6.61 Å². The third kappa shape index (κ3) is 6.84. The van der Waals surface area contributed by atoms with Crippen molar-refractivity contribution in [3.63, 3.8) is 0 Å². The van der Waals surface area contributed by atoms with Gasteiger partial charge in [0.15, 0.2) is 0 Å². The maximum absolute atomic E-state index is 11.0. The third-order valence-corrected chi connectivity index (χ3v) is 3.96. The molecule has 0 saturated carbocycles. The van der Waals surface area contributed by atoms with E-state index < -0.39 is 6.80 Å². The fraction of sp³-hybridized carbons (Fsp3) is 1.00. The van der Waals surface area contributed by atoms with E-state index in [4.69, 9.17) is 4.89 Å². The van der Waals surface area contributed by atoms with Gasteiger partial charge in [-0.3, -0.25) is 4.90 Å². The molecule has 0 aromatic rings. The summed E-state index contributed by atoms with van der Waals surface area (Å²) < 4.78 is 15.6. The summed E-state index contributed by atoms with van der Waals surface area (Å²) in [6.07, 6.45) is 0. The topological polar surface area (TPSA) is 49.8 Å². The van der Waals surface area contributed by atoms with Gasteiger partial charge in [-0.25, -0.2) is 4.57 Å². The van der Waals surface area contributed by atoms with Crippen LogP contribution in [0.2, 0.25) is 0 Å². The first kappa shape index (κ1) is 11.5. The van der Waals surface area contributed by atoms with E-state index in [2.05, 4.69) is 4.52 Å². The monoisotopic (exact) mass is 199 g/mol. The van der Waals surface area contributed by atoms with Crippen LogP contribution in [0, 0.1) is 0 Å². The maximum atomic E-state index is 11.0. The van der Waals surface area contributed by atoms with Crippen LogP contribution in [0.5, 0.6) is 0 Å². The molecule has 0 bridgehead atoms. The lowest BCUT2D eigenvalue weighted by Gasteiger charge is -2.12. The molecular weight excluding hydrogens is 185 g/mol. The van der Waals surface area contributed by atoms with Crippen molar-refractivity contribution in [1.82, 2.24) is 4.90 Å². The first-order chi connectivity index (χ1) is 4.98. The summed E-state index contributed by atoms with van der Waals surface area (Å²) in [4.78, 5) is 10.8. The van der Waals surface area contributed by atoms with Gasteiger partial charge in [-0.15, -0.1) is 0 Å². The van der Waals surface area contributed by atoms with Gasteiger partial charge in [0.1, 0.15) is 0 Å². The second kappa shape index (κ2) is 5.17. The van der Waals surface area contributed by atoms with E-state index in [1.54, 1.807) is 6.92 Å². The van der Waals surface area contributed by atoms with Gasteiger partial charge in [0, 0.05) is 0 Å². The summed E-state index contributed by atoms with van der Waals surface area (Å²) in [6, 6.07) is 0. The minimum Gasteiger partial charge on any atom is -0.316 e. The minimum atomic E-state index is -3.37. The quantitative estimate of drug-likeness (QED) is 0.535. The van der Waals surface area contributed by atoms with Crippen molar-refractivity contribution in [3.05, 3.63) is 0 Å². The fourth-order valence-electron chi connectivity index (χ4n) is 0.389. The molecule has 1 unspecified atom stereocenters. The molecule has 0 saturated heterocycles. The molecule has 0 aliphatic carbocycles. The average Bonchev–Trinajstić information content (AvgIpc) is 1.84. The van der Waals surface area contributed by atoms with Crippen LogP contribution in [-0.4, -0.2) is 36.4 Å². The lowest BCUT2D eigenvalue weighted by Crippen LogP contribution is -2.09. The predicted octanol–water partition coefficient (Wildman–Crippen LogP) is 1.38. The Morgan fingerprint density at radius 2 is 2.18 bits per heavy atom. The van der Waals surface area contributed by atoms with Gasteiger partial charge in [0.05, 0.1) is 12.5 Å². The molecule has 0 heterocycles. The molecule has 0 aromatic heterocycles. The Bertz CT molecular complexity index is 153. The molecule has 0 radical (unpaired) electrons. The van der Waals surface area contributed by atoms with Crippen LogP contribution in [-0.2, 0) is 9.09 Å². The number of nitrogens with zero attached hydrogens (tertiary/aromatic N) is 1. The lowest BCUT2D eigenvalue weighted by molar-refractivity contribution is 0.291. The highest BCUT2D eigenvalue weighted by Crippen LogP contribution is 2.55. The molecule has 4 nitrogen and oxygen atoms in total. The van der Waals surface area contributed by atoms with Crippen LogP contribution in [0.15, 0.2) is 0 Å². The largest absolute Gasteiger partial charge is 0.387 e. The smallest absolute Gasteiger partial charge is 0.316 e. The normalized spacial score (nSPS) is 16.8. The third-order valence-electron chi connectivity index (χ3n) is 0.771. The van der Waals surface area contributed by atoms with Crippen LogP contribution in [0.4, 0.5) is 0 Å². The van der Waals surface area contributed by atoms with Crippen molar-refractivity contribution >= 4 is 18.2 Å². The summed E-state index contributed by atoms with van der Waals surface area (Å²) in [5, 5.41) is 0. The van der Waals surface area contributed by atoms with Crippen molar-refractivity contribution in [2.24, 2.45) is 0 Å². The van der Waals surface area contributed by atoms with Gasteiger partial charge in [-0.1, -0.05) is 0 Å². The van der Waals surface area contributed by atoms with Crippen LogP contribution in [0.3, 0.4) is 0 Å². The van der Waals surface area contributed by atoms with Crippen molar-refractivity contribution in [3.8, 4) is 0 Å². The SMILES string of the molecule is CCOP(=O)(O)SCN(C)C. The van der Waals surface area contributed by atoms with Crippen molar-refractivity contribution in [2.75, 3.05) is 26.6 Å². The highest BCUT2D eigenvalue weighted by atomic mass is 32.7. The van der Waals surface area contributed by atoms with Gasteiger partial charge < -0.3 is 9.42 Å². The summed E-state index contributed by atoms with van der Waals surface area (Å²) in [5.41, 5.74) is 0. The molecule has 1 N–H and O–H groups in total. The van der Waals surface area contributed by atoms with Crippen LogP contribution in [0.1, 0.15) is 6.92 Å².